The van der Waals surface area contributed by atoms with E-state index in [0.29, 0.717) is 6.04 Å². The predicted octanol–water partition coefficient (Wildman–Crippen LogP) is 2.72. The number of hydrogen-bond acceptors (Lipinski definition) is 2. The van der Waals surface area contributed by atoms with Gasteiger partial charge in [-0.1, -0.05) is 17.7 Å². The molecule has 0 radical (unpaired) electrons. The van der Waals surface area contributed by atoms with Crippen LogP contribution in [0.15, 0.2) is 12.1 Å². The fraction of sp³-hybridized carbons (Fsp3) is 0.500. The van der Waals surface area contributed by atoms with E-state index in [-0.39, 0.29) is 6.04 Å². The van der Waals surface area contributed by atoms with Gasteiger partial charge in [-0.05, 0) is 43.9 Å². The van der Waals surface area contributed by atoms with Gasteiger partial charge in [-0.3, -0.25) is 0 Å². The highest BCUT2D eigenvalue weighted by molar-refractivity contribution is 6.31. The van der Waals surface area contributed by atoms with E-state index in [1.54, 1.807) is 0 Å². The number of benzene rings is 1. The van der Waals surface area contributed by atoms with E-state index in [9.17, 15) is 0 Å². The molecule has 0 aliphatic carbocycles. The summed E-state index contributed by atoms with van der Waals surface area (Å²) in [5.41, 5.74) is 9.54. The number of aryl methyl sites for hydroxylation is 1. The fourth-order valence-corrected chi connectivity index (χ4v) is 2.47. The molecule has 0 amide bonds. The Morgan fingerprint density at radius 1 is 1.60 bits per heavy atom. The molecule has 0 saturated heterocycles. The number of hydrogen-bond donors (Lipinski definition) is 2. The summed E-state index contributed by atoms with van der Waals surface area (Å²) < 4.78 is 0. The second-order valence-corrected chi connectivity index (χ2v) is 4.88. The van der Waals surface area contributed by atoms with Crippen LogP contribution < -0.4 is 11.1 Å². The molecule has 1 aromatic carbocycles. The lowest BCUT2D eigenvalue weighted by molar-refractivity contribution is 0.587. The van der Waals surface area contributed by atoms with Crippen molar-refractivity contribution < 1.29 is 0 Å². The first kappa shape index (κ1) is 10.8. The minimum absolute atomic E-state index is 0.232. The van der Waals surface area contributed by atoms with Gasteiger partial charge in [-0.2, -0.15) is 0 Å². The highest BCUT2D eigenvalue weighted by Crippen LogP contribution is 2.35. The molecule has 0 aromatic heterocycles. The van der Waals surface area contributed by atoms with Crippen LogP contribution in [0.3, 0.4) is 0 Å². The second kappa shape index (κ2) is 4.03. The summed E-state index contributed by atoms with van der Waals surface area (Å²) in [5.74, 6) is 0. The molecule has 3 N–H and O–H groups in total. The molecule has 2 unspecified atom stereocenters. The molecule has 0 saturated carbocycles. The quantitative estimate of drug-likeness (QED) is 0.811. The van der Waals surface area contributed by atoms with E-state index >= 15 is 0 Å². The summed E-state index contributed by atoms with van der Waals surface area (Å²) in [6.45, 7) is 4.15. The molecule has 0 fully saturated rings. The Morgan fingerprint density at radius 3 is 2.93 bits per heavy atom. The van der Waals surface area contributed by atoms with Crippen molar-refractivity contribution in [1.29, 1.82) is 0 Å². The van der Waals surface area contributed by atoms with Crippen LogP contribution in [-0.2, 0) is 6.42 Å². The third-order valence-electron chi connectivity index (χ3n) is 2.92. The summed E-state index contributed by atoms with van der Waals surface area (Å²) in [6, 6.07) is 4.71. The topological polar surface area (TPSA) is 38.0 Å². The van der Waals surface area contributed by atoms with E-state index in [1.807, 2.05) is 13.0 Å². The predicted molar refractivity (Wildman–Crippen MR) is 65.6 cm³/mol. The third kappa shape index (κ3) is 2.11. The Hall–Kier alpha value is -0.730. The van der Waals surface area contributed by atoms with Crippen molar-refractivity contribution in [2.24, 2.45) is 5.73 Å². The number of anilines is 1. The molecule has 1 aliphatic heterocycles. The van der Waals surface area contributed by atoms with Crippen LogP contribution in [0.2, 0.25) is 5.02 Å². The smallest absolute Gasteiger partial charge is 0.0459 e. The van der Waals surface area contributed by atoms with Crippen LogP contribution in [0, 0.1) is 6.92 Å². The minimum Gasteiger partial charge on any atom is -0.381 e. The van der Waals surface area contributed by atoms with Gasteiger partial charge in [0.2, 0.25) is 0 Å². The number of rotatable bonds is 2. The van der Waals surface area contributed by atoms with Crippen molar-refractivity contribution >= 4 is 17.3 Å². The van der Waals surface area contributed by atoms with Crippen LogP contribution in [0.1, 0.15) is 24.5 Å². The van der Waals surface area contributed by atoms with E-state index in [0.717, 1.165) is 17.9 Å². The maximum atomic E-state index is 6.17. The van der Waals surface area contributed by atoms with Crippen LogP contribution in [0.5, 0.6) is 0 Å². The Morgan fingerprint density at radius 2 is 2.33 bits per heavy atom. The lowest BCUT2D eigenvalue weighted by Gasteiger charge is -2.13. The highest BCUT2D eigenvalue weighted by atomic mass is 35.5. The normalized spacial score (nSPS) is 20.9. The van der Waals surface area contributed by atoms with Crippen molar-refractivity contribution in [3.05, 3.63) is 28.3 Å². The summed E-state index contributed by atoms with van der Waals surface area (Å²) in [6.07, 6.45) is 1.99. The lowest BCUT2D eigenvalue weighted by atomic mass is 10.0. The van der Waals surface area contributed by atoms with Crippen LogP contribution >= 0.6 is 11.6 Å². The van der Waals surface area contributed by atoms with Crippen LogP contribution in [0.4, 0.5) is 5.69 Å². The van der Waals surface area contributed by atoms with Gasteiger partial charge in [0.05, 0.1) is 0 Å². The molecule has 15 heavy (non-hydrogen) atoms. The zero-order valence-electron chi connectivity index (χ0n) is 9.18. The Bertz CT molecular complexity index is 343. The standard InChI is InChI=1S/C12H17ClN2/c1-7-3-4-11(13)10-6-9(5-8(2)14)15-12(7)10/h3-4,8-9,15H,5-6,14H2,1-2H3. The monoisotopic (exact) mass is 224 g/mol. The molecule has 2 rings (SSSR count). The van der Waals surface area contributed by atoms with Gasteiger partial charge >= 0.3 is 0 Å². The first-order valence-corrected chi connectivity index (χ1v) is 5.76. The molecular weight excluding hydrogens is 208 g/mol. The van der Waals surface area contributed by atoms with Gasteiger partial charge in [0.1, 0.15) is 0 Å². The van der Waals surface area contributed by atoms with Gasteiger partial charge in [-0.25, -0.2) is 0 Å². The van der Waals surface area contributed by atoms with Crippen molar-refractivity contribution in [2.75, 3.05) is 5.32 Å². The average molecular weight is 225 g/mol. The van der Waals surface area contributed by atoms with Crippen LogP contribution in [-0.4, -0.2) is 12.1 Å². The fourth-order valence-electron chi connectivity index (χ4n) is 2.23. The molecule has 1 aromatic rings. The molecule has 3 heteroatoms. The van der Waals surface area contributed by atoms with E-state index in [1.165, 1.54) is 16.8 Å². The lowest BCUT2D eigenvalue weighted by Crippen LogP contribution is -2.26. The summed E-state index contributed by atoms with van der Waals surface area (Å²) in [5, 5.41) is 4.38. The number of halogens is 1. The molecule has 82 valence electrons. The minimum atomic E-state index is 0.232. The largest absolute Gasteiger partial charge is 0.381 e. The Labute approximate surface area is 95.8 Å². The SMILES string of the molecule is Cc1ccc(Cl)c2c1NC(CC(C)N)C2. The molecule has 0 bridgehead atoms. The van der Waals surface area contributed by atoms with E-state index < -0.39 is 0 Å². The zero-order chi connectivity index (χ0) is 11.0. The van der Waals surface area contributed by atoms with Crippen LogP contribution in [0.25, 0.3) is 0 Å². The average Bonchev–Trinajstić information content (AvgIpc) is 2.55. The van der Waals surface area contributed by atoms with Gasteiger partial charge in [0, 0.05) is 22.8 Å². The maximum absolute atomic E-state index is 6.17. The van der Waals surface area contributed by atoms with Crippen molar-refractivity contribution in [2.45, 2.75) is 38.8 Å². The molecule has 1 heterocycles. The van der Waals surface area contributed by atoms with Gasteiger partial charge in [-0.15, -0.1) is 0 Å². The molecule has 1 aliphatic rings. The van der Waals surface area contributed by atoms with E-state index in [2.05, 4.69) is 18.3 Å². The first-order chi connectivity index (χ1) is 7.08. The summed E-state index contributed by atoms with van der Waals surface area (Å²) >= 11 is 6.17. The first-order valence-electron chi connectivity index (χ1n) is 5.38. The zero-order valence-corrected chi connectivity index (χ0v) is 9.93. The van der Waals surface area contributed by atoms with Gasteiger partial charge in [0.15, 0.2) is 0 Å². The molecule has 2 nitrogen and oxygen atoms in total. The number of nitrogens with one attached hydrogen (secondary N) is 1. The molecule has 0 spiro atoms. The maximum Gasteiger partial charge on any atom is 0.0459 e. The third-order valence-corrected chi connectivity index (χ3v) is 3.27. The number of fused-ring (bicyclic) bond motifs is 1. The Kier molecular flexibility index (Phi) is 2.89. The van der Waals surface area contributed by atoms with Gasteiger partial charge in [0.25, 0.3) is 0 Å². The van der Waals surface area contributed by atoms with E-state index in [4.69, 9.17) is 17.3 Å². The molecular formula is C12H17ClN2. The summed E-state index contributed by atoms with van der Waals surface area (Å²) in [4.78, 5) is 0. The van der Waals surface area contributed by atoms with Crippen molar-refractivity contribution in [3.63, 3.8) is 0 Å². The highest BCUT2D eigenvalue weighted by Gasteiger charge is 2.24. The number of nitrogens with two attached hydrogens (primary N) is 1. The van der Waals surface area contributed by atoms with Gasteiger partial charge < -0.3 is 11.1 Å². The summed E-state index contributed by atoms with van der Waals surface area (Å²) in [7, 11) is 0. The van der Waals surface area contributed by atoms with Crippen molar-refractivity contribution in [3.8, 4) is 0 Å². The van der Waals surface area contributed by atoms with Crippen molar-refractivity contribution in [1.82, 2.24) is 0 Å². The Balaban J connectivity index is 2.23. The molecule has 2 atom stereocenters. The second-order valence-electron chi connectivity index (χ2n) is 4.48.